The molecule has 7 heteroatoms. The van der Waals surface area contributed by atoms with Crippen LogP contribution >= 0.6 is 35.3 Å². The summed E-state index contributed by atoms with van der Waals surface area (Å²) >= 11 is 1.83. The van der Waals surface area contributed by atoms with Gasteiger partial charge in [0.15, 0.2) is 5.96 Å². The van der Waals surface area contributed by atoms with Crippen LogP contribution in [0.25, 0.3) is 0 Å². The number of nitrogens with zero attached hydrogens (tertiary/aromatic N) is 3. The van der Waals surface area contributed by atoms with Crippen LogP contribution in [0.3, 0.4) is 0 Å². The zero-order valence-electron chi connectivity index (χ0n) is 15.8. The molecule has 1 aromatic carbocycles. The van der Waals surface area contributed by atoms with Gasteiger partial charge in [0.1, 0.15) is 5.75 Å². The van der Waals surface area contributed by atoms with E-state index < -0.39 is 0 Å². The maximum absolute atomic E-state index is 9.57. The van der Waals surface area contributed by atoms with E-state index in [-0.39, 0.29) is 24.0 Å². The lowest BCUT2D eigenvalue weighted by Gasteiger charge is -2.36. The third-order valence-electron chi connectivity index (χ3n) is 4.54. The number of benzene rings is 1. The Morgan fingerprint density at radius 1 is 1.19 bits per heavy atom. The number of hydrogen-bond acceptors (Lipinski definition) is 4. The standard InChI is InChI=1S/C20H28N4OS.HI/c1-2-21-20(22-9-8-17-5-3-6-18(25)15-17)24-12-10-23(11-13-24)16-19-7-4-14-26-19;/h3-7,14-15,25H,2,8-13,16H2,1H3,(H,21,22);1H. The van der Waals surface area contributed by atoms with Crippen molar-refractivity contribution in [2.75, 3.05) is 39.3 Å². The average molecular weight is 500 g/mol. The Labute approximate surface area is 183 Å². The molecule has 2 heterocycles. The summed E-state index contributed by atoms with van der Waals surface area (Å²) in [5, 5.41) is 15.1. The Kier molecular flexibility index (Phi) is 9.36. The Morgan fingerprint density at radius 2 is 2.00 bits per heavy atom. The summed E-state index contributed by atoms with van der Waals surface area (Å²) in [5.74, 6) is 1.32. The van der Waals surface area contributed by atoms with Crippen molar-refractivity contribution in [1.82, 2.24) is 15.1 Å². The Balaban J connectivity index is 0.00000261. The van der Waals surface area contributed by atoms with Gasteiger partial charge in [-0.1, -0.05) is 18.2 Å². The fourth-order valence-electron chi connectivity index (χ4n) is 3.17. The van der Waals surface area contributed by atoms with Crippen molar-refractivity contribution in [2.24, 2.45) is 4.99 Å². The molecule has 1 fully saturated rings. The molecule has 2 N–H and O–H groups in total. The first-order chi connectivity index (χ1) is 12.7. The number of aliphatic imine (C=N–C) groups is 1. The molecule has 1 aliphatic heterocycles. The Bertz CT molecular complexity index is 700. The summed E-state index contributed by atoms with van der Waals surface area (Å²) < 4.78 is 0. The highest BCUT2D eigenvalue weighted by Crippen LogP contribution is 2.14. The molecule has 0 aliphatic carbocycles. The molecule has 27 heavy (non-hydrogen) atoms. The molecule has 0 unspecified atom stereocenters. The minimum absolute atomic E-state index is 0. The van der Waals surface area contributed by atoms with Gasteiger partial charge in [-0.15, -0.1) is 35.3 Å². The quantitative estimate of drug-likeness (QED) is 0.363. The highest BCUT2D eigenvalue weighted by molar-refractivity contribution is 14.0. The molecule has 1 aromatic heterocycles. The van der Waals surface area contributed by atoms with Crippen LogP contribution in [0.4, 0.5) is 0 Å². The first-order valence-corrected chi connectivity index (χ1v) is 10.2. The second-order valence-electron chi connectivity index (χ2n) is 6.50. The number of phenols is 1. The predicted octanol–water partition coefficient (Wildman–Crippen LogP) is 3.40. The predicted molar refractivity (Wildman–Crippen MR) is 124 cm³/mol. The van der Waals surface area contributed by atoms with E-state index in [1.165, 1.54) is 4.88 Å². The molecule has 0 bridgehead atoms. The maximum atomic E-state index is 9.57. The van der Waals surface area contributed by atoms with Crippen LogP contribution in [0.1, 0.15) is 17.4 Å². The van der Waals surface area contributed by atoms with Gasteiger partial charge in [-0.3, -0.25) is 9.89 Å². The normalized spacial score (nSPS) is 15.4. The van der Waals surface area contributed by atoms with Crippen molar-refractivity contribution < 1.29 is 5.11 Å². The number of aromatic hydroxyl groups is 1. The Hall–Kier alpha value is -1.32. The van der Waals surface area contributed by atoms with Crippen LogP contribution in [0, 0.1) is 0 Å². The number of piperazine rings is 1. The number of hydrogen-bond donors (Lipinski definition) is 2. The van der Waals surface area contributed by atoms with Gasteiger partial charge in [0, 0.05) is 50.7 Å². The first-order valence-electron chi connectivity index (χ1n) is 9.30. The number of guanidine groups is 1. The van der Waals surface area contributed by atoms with E-state index >= 15 is 0 Å². The summed E-state index contributed by atoms with van der Waals surface area (Å²) in [6, 6.07) is 11.8. The van der Waals surface area contributed by atoms with Crippen molar-refractivity contribution in [3.63, 3.8) is 0 Å². The van der Waals surface area contributed by atoms with Crippen molar-refractivity contribution in [3.05, 3.63) is 52.2 Å². The zero-order valence-corrected chi connectivity index (χ0v) is 19.0. The first kappa shape index (κ1) is 22.0. The third kappa shape index (κ3) is 6.97. The van der Waals surface area contributed by atoms with E-state index in [0.29, 0.717) is 5.75 Å². The number of thiophene rings is 1. The van der Waals surface area contributed by atoms with E-state index in [9.17, 15) is 5.11 Å². The third-order valence-corrected chi connectivity index (χ3v) is 5.40. The maximum Gasteiger partial charge on any atom is 0.194 e. The SMILES string of the molecule is CCNC(=NCCc1cccc(O)c1)N1CCN(Cc2cccs2)CC1.I. The summed E-state index contributed by atoms with van der Waals surface area (Å²) in [4.78, 5) is 11.1. The molecule has 2 aromatic rings. The molecule has 0 saturated carbocycles. The highest BCUT2D eigenvalue weighted by atomic mass is 127. The average Bonchev–Trinajstić information content (AvgIpc) is 3.15. The minimum atomic E-state index is 0. The van der Waals surface area contributed by atoms with E-state index in [2.05, 4.69) is 39.6 Å². The molecule has 0 radical (unpaired) electrons. The summed E-state index contributed by atoms with van der Waals surface area (Å²) in [6.45, 7) is 8.90. The molecule has 1 aliphatic rings. The van der Waals surface area contributed by atoms with E-state index in [0.717, 1.165) is 63.8 Å². The minimum Gasteiger partial charge on any atom is -0.508 e. The fourth-order valence-corrected chi connectivity index (χ4v) is 3.92. The van der Waals surface area contributed by atoms with Crippen LogP contribution in [-0.4, -0.2) is 60.1 Å². The van der Waals surface area contributed by atoms with Gasteiger partial charge >= 0.3 is 0 Å². The molecular formula is C20H29IN4OS. The number of rotatable bonds is 6. The molecule has 0 atom stereocenters. The zero-order chi connectivity index (χ0) is 18.2. The van der Waals surface area contributed by atoms with E-state index in [1.54, 1.807) is 6.07 Å². The lowest BCUT2D eigenvalue weighted by Crippen LogP contribution is -2.52. The van der Waals surface area contributed by atoms with Gasteiger partial charge in [0.25, 0.3) is 0 Å². The van der Waals surface area contributed by atoms with E-state index in [4.69, 9.17) is 4.99 Å². The topological polar surface area (TPSA) is 51.1 Å². The van der Waals surface area contributed by atoms with Gasteiger partial charge in [-0.05, 0) is 42.5 Å². The lowest BCUT2D eigenvalue weighted by molar-refractivity contribution is 0.173. The number of halogens is 1. The molecular weight excluding hydrogens is 471 g/mol. The Morgan fingerprint density at radius 3 is 2.67 bits per heavy atom. The highest BCUT2D eigenvalue weighted by Gasteiger charge is 2.19. The summed E-state index contributed by atoms with van der Waals surface area (Å²) in [5.41, 5.74) is 1.12. The molecule has 1 saturated heterocycles. The second-order valence-corrected chi connectivity index (χ2v) is 7.53. The van der Waals surface area contributed by atoms with Crippen LogP contribution in [0.2, 0.25) is 0 Å². The van der Waals surface area contributed by atoms with Crippen molar-refractivity contribution in [2.45, 2.75) is 19.9 Å². The fraction of sp³-hybridized carbons (Fsp3) is 0.450. The molecule has 0 amide bonds. The van der Waals surface area contributed by atoms with Crippen LogP contribution in [0.5, 0.6) is 5.75 Å². The van der Waals surface area contributed by atoms with Gasteiger partial charge in [0.2, 0.25) is 0 Å². The van der Waals surface area contributed by atoms with Gasteiger partial charge in [0.05, 0.1) is 0 Å². The molecule has 0 spiro atoms. The summed E-state index contributed by atoms with van der Waals surface area (Å²) in [6.07, 6.45) is 0.835. The lowest BCUT2D eigenvalue weighted by atomic mass is 10.1. The molecule has 148 valence electrons. The number of phenolic OH excluding ortho intramolecular Hbond substituents is 1. The largest absolute Gasteiger partial charge is 0.508 e. The van der Waals surface area contributed by atoms with Gasteiger partial charge in [-0.25, -0.2) is 0 Å². The monoisotopic (exact) mass is 500 g/mol. The van der Waals surface area contributed by atoms with Crippen LogP contribution < -0.4 is 5.32 Å². The van der Waals surface area contributed by atoms with Gasteiger partial charge < -0.3 is 15.3 Å². The van der Waals surface area contributed by atoms with Crippen LogP contribution in [-0.2, 0) is 13.0 Å². The van der Waals surface area contributed by atoms with E-state index in [1.807, 2.05) is 29.5 Å². The molecule has 3 rings (SSSR count). The van der Waals surface area contributed by atoms with Crippen molar-refractivity contribution in [1.29, 1.82) is 0 Å². The van der Waals surface area contributed by atoms with Crippen molar-refractivity contribution in [3.8, 4) is 5.75 Å². The smallest absolute Gasteiger partial charge is 0.194 e. The molecule has 5 nitrogen and oxygen atoms in total. The van der Waals surface area contributed by atoms with Gasteiger partial charge in [-0.2, -0.15) is 0 Å². The second kappa shape index (κ2) is 11.5. The number of nitrogens with one attached hydrogen (secondary N) is 1. The van der Waals surface area contributed by atoms with Crippen LogP contribution in [0.15, 0.2) is 46.8 Å². The van der Waals surface area contributed by atoms with Crippen molar-refractivity contribution >= 4 is 41.3 Å². The summed E-state index contributed by atoms with van der Waals surface area (Å²) in [7, 11) is 0.